The third kappa shape index (κ3) is 5.05. The topological polar surface area (TPSA) is 103 Å². The van der Waals surface area contributed by atoms with Gasteiger partial charge in [0.05, 0.1) is 18.3 Å². The molecule has 4 rings (SSSR count). The Kier molecular flexibility index (Phi) is 6.53. The van der Waals surface area contributed by atoms with Gasteiger partial charge in [-0.1, -0.05) is 30.3 Å². The minimum absolute atomic E-state index is 0.212. The lowest BCUT2D eigenvalue weighted by Gasteiger charge is -2.28. The van der Waals surface area contributed by atoms with Gasteiger partial charge >= 0.3 is 12.1 Å². The number of likely N-dealkylation sites (N-methyl/N-ethyl adjacent to an activating group) is 1. The van der Waals surface area contributed by atoms with E-state index in [2.05, 4.69) is 14.9 Å². The number of likely N-dealkylation sites (tertiary alicyclic amines) is 1. The molecule has 0 spiro atoms. The molecule has 1 aromatic carbocycles. The van der Waals surface area contributed by atoms with Gasteiger partial charge in [0.1, 0.15) is 19.0 Å². The molecule has 2 aromatic rings. The van der Waals surface area contributed by atoms with E-state index in [1.165, 1.54) is 0 Å². The molecule has 0 unspecified atom stereocenters. The van der Waals surface area contributed by atoms with Crippen LogP contribution in [0.25, 0.3) is 0 Å². The van der Waals surface area contributed by atoms with Gasteiger partial charge in [0.25, 0.3) is 0 Å². The van der Waals surface area contributed by atoms with Crippen LogP contribution in [0.15, 0.2) is 30.3 Å². The fraction of sp³-hybridized carbons (Fsp3) is 0.500. The monoisotopic (exact) mass is 427 g/mol. The summed E-state index contributed by atoms with van der Waals surface area (Å²) in [6, 6.07) is 10.1. The summed E-state index contributed by atoms with van der Waals surface area (Å²) in [5, 5.41) is 0. The lowest BCUT2D eigenvalue weighted by molar-refractivity contribution is 0.0910. The first-order chi connectivity index (χ1) is 15.0. The Morgan fingerprint density at radius 3 is 2.81 bits per heavy atom. The molecule has 166 valence electrons. The summed E-state index contributed by atoms with van der Waals surface area (Å²) in [7, 11) is 3.78. The first kappa shape index (κ1) is 21.3. The van der Waals surface area contributed by atoms with Crippen LogP contribution in [-0.4, -0.2) is 71.9 Å². The van der Waals surface area contributed by atoms with Gasteiger partial charge in [-0.2, -0.15) is 9.97 Å². The third-order valence-corrected chi connectivity index (χ3v) is 5.93. The molecule has 2 atom stereocenters. The molecule has 31 heavy (non-hydrogen) atoms. The number of anilines is 1. The maximum Gasteiger partial charge on any atom is 0.410 e. The number of ether oxygens (including phenoxy) is 3. The maximum absolute atomic E-state index is 12.5. The zero-order valence-corrected chi connectivity index (χ0v) is 18.0. The van der Waals surface area contributed by atoms with Crippen molar-refractivity contribution >= 4 is 11.9 Å². The van der Waals surface area contributed by atoms with Gasteiger partial charge in [-0.05, 0) is 25.5 Å². The van der Waals surface area contributed by atoms with E-state index < -0.39 is 0 Å². The van der Waals surface area contributed by atoms with Crippen molar-refractivity contribution in [3.63, 3.8) is 0 Å². The van der Waals surface area contributed by atoms with E-state index in [0.717, 1.165) is 24.1 Å². The minimum Gasteiger partial charge on any atom is -0.462 e. The number of fused-ring (bicyclic) bond motifs is 1. The van der Waals surface area contributed by atoms with Crippen molar-refractivity contribution in [1.29, 1.82) is 0 Å². The number of hydrogen-bond acceptors (Lipinski definition) is 8. The molecule has 9 nitrogen and oxygen atoms in total. The molecule has 0 radical (unpaired) electrons. The molecule has 2 aliphatic heterocycles. The van der Waals surface area contributed by atoms with Crippen LogP contribution in [0.4, 0.5) is 10.6 Å². The van der Waals surface area contributed by atoms with Crippen LogP contribution in [-0.2, 0) is 29.0 Å². The van der Waals surface area contributed by atoms with E-state index in [-0.39, 0.29) is 30.9 Å². The average molecular weight is 428 g/mol. The summed E-state index contributed by atoms with van der Waals surface area (Å²) in [5.41, 5.74) is 8.68. The van der Waals surface area contributed by atoms with Crippen molar-refractivity contribution in [2.45, 2.75) is 38.1 Å². The molecule has 1 fully saturated rings. The summed E-state index contributed by atoms with van der Waals surface area (Å²) in [4.78, 5) is 25.2. The summed E-state index contributed by atoms with van der Waals surface area (Å²) in [6.07, 6.45) is 1.33. The largest absolute Gasteiger partial charge is 0.462 e. The molecule has 2 aliphatic rings. The highest BCUT2D eigenvalue weighted by Gasteiger charge is 2.31. The van der Waals surface area contributed by atoms with Gasteiger partial charge in [-0.15, -0.1) is 0 Å². The van der Waals surface area contributed by atoms with Gasteiger partial charge in [0.15, 0.2) is 0 Å². The Balaban J connectivity index is 1.36. The predicted octanol–water partition coefficient (Wildman–Crippen LogP) is 1.85. The standard InChI is InChI=1S/C22H29N5O4/c1-26-11-17(29-2)10-16(26)14-30-21-24-19-12-27(9-8-18(19)20(23)25-21)22(28)31-13-15-6-4-3-5-7-15/h3-7,16-17H,8-14H2,1-2H3,(H2,23,24,25)/t16-,17+/m0/s1. The molecular formula is C22H29N5O4. The number of amides is 1. The van der Waals surface area contributed by atoms with Gasteiger partial charge in [0, 0.05) is 31.8 Å². The van der Waals surface area contributed by atoms with Crippen LogP contribution >= 0.6 is 0 Å². The lowest BCUT2D eigenvalue weighted by Crippen LogP contribution is -2.37. The molecular weight excluding hydrogens is 398 g/mol. The number of carbonyl (C=O) groups excluding carboxylic acids is 1. The smallest absolute Gasteiger partial charge is 0.410 e. The van der Waals surface area contributed by atoms with Crippen molar-refractivity contribution in [3.05, 3.63) is 47.2 Å². The Morgan fingerprint density at radius 2 is 2.06 bits per heavy atom. The van der Waals surface area contributed by atoms with Crippen LogP contribution in [0.5, 0.6) is 6.01 Å². The molecule has 0 aliphatic carbocycles. The molecule has 3 heterocycles. The Bertz CT molecular complexity index is 910. The number of benzene rings is 1. The SMILES string of the molecule is CO[C@@H]1C[C@@H](COc2nc(N)c3c(n2)CN(C(=O)OCc2ccccc2)CC3)N(C)C1. The van der Waals surface area contributed by atoms with Gasteiger partial charge < -0.3 is 24.8 Å². The van der Waals surface area contributed by atoms with Crippen LogP contribution in [0.1, 0.15) is 23.2 Å². The fourth-order valence-electron chi connectivity index (χ4n) is 4.03. The summed E-state index contributed by atoms with van der Waals surface area (Å²) in [5.74, 6) is 0.409. The van der Waals surface area contributed by atoms with Crippen molar-refractivity contribution in [2.24, 2.45) is 0 Å². The maximum atomic E-state index is 12.5. The highest BCUT2D eigenvalue weighted by atomic mass is 16.6. The molecule has 0 saturated carbocycles. The van der Waals surface area contributed by atoms with E-state index >= 15 is 0 Å². The number of nitrogen functional groups attached to an aromatic ring is 1. The van der Waals surface area contributed by atoms with Crippen molar-refractivity contribution < 1.29 is 19.0 Å². The number of methoxy groups -OCH3 is 1. The van der Waals surface area contributed by atoms with Gasteiger partial charge in [-0.25, -0.2) is 4.79 Å². The average Bonchev–Trinajstić information content (AvgIpc) is 3.16. The minimum atomic E-state index is -0.368. The van der Waals surface area contributed by atoms with Crippen LogP contribution in [0.2, 0.25) is 0 Å². The zero-order valence-electron chi connectivity index (χ0n) is 18.0. The summed E-state index contributed by atoms with van der Waals surface area (Å²) in [6.45, 7) is 2.40. The molecule has 0 bridgehead atoms. The Morgan fingerprint density at radius 1 is 1.26 bits per heavy atom. The van der Waals surface area contributed by atoms with Crippen molar-refractivity contribution in [2.75, 3.05) is 39.6 Å². The normalized spacial score (nSPS) is 21.0. The highest BCUT2D eigenvalue weighted by Crippen LogP contribution is 2.25. The number of aromatic nitrogens is 2. The quantitative estimate of drug-likeness (QED) is 0.745. The number of carbonyl (C=O) groups is 1. The second kappa shape index (κ2) is 9.49. The van der Waals surface area contributed by atoms with E-state index in [4.69, 9.17) is 19.9 Å². The summed E-state index contributed by atoms with van der Waals surface area (Å²) < 4.78 is 16.8. The van der Waals surface area contributed by atoms with E-state index in [1.807, 2.05) is 37.4 Å². The van der Waals surface area contributed by atoms with E-state index in [9.17, 15) is 4.79 Å². The van der Waals surface area contributed by atoms with E-state index in [0.29, 0.717) is 37.6 Å². The number of nitrogens with two attached hydrogens (primary N) is 1. The number of hydrogen-bond donors (Lipinski definition) is 1. The molecule has 1 saturated heterocycles. The zero-order chi connectivity index (χ0) is 21.8. The predicted molar refractivity (Wildman–Crippen MR) is 115 cm³/mol. The highest BCUT2D eigenvalue weighted by molar-refractivity contribution is 5.68. The van der Waals surface area contributed by atoms with Crippen LogP contribution < -0.4 is 10.5 Å². The van der Waals surface area contributed by atoms with Crippen LogP contribution in [0.3, 0.4) is 0 Å². The molecule has 1 amide bonds. The fourth-order valence-corrected chi connectivity index (χ4v) is 4.03. The van der Waals surface area contributed by atoms with E-state index in [1.54, 1.807) is 12.0 Å². The lowest BCUT2D eigenvalue weighted by atomic mass is 10.1. The first-order valence-corrected chi connectivity index (χ1v) is 10.5. The molecule has 1 aromatic heterocycles. The number of rotatable bonds is 6. The number of nitrogens with zero attached hydrogens (tertiary/aromatic N) is 4. The second-order valence-electron chi connectivity index (χ2n) is 8.03. The molecule has 9 heteroatoms. The van der Waals surface area contributed by atoms with Gasteiger partial charge in [0.2, 0.25) is 0 Å². The molecule has 2 N–H and O–H groups in total. The van der Waals surface area contributed by atoms with Crippen molar-refractivity contribution in [1.82, 2.24) is 19.8 Å². The van der Waals surface area contributed by atoms with Gasteiger partial charge in [-0.3, -0.25) is 4.90 Å². The summed E-state index contributed by atoms with van der Waals surface area (Å²) >= 11 is 0. The van der Waals surface area contributed by atoms with Crippen molar-refractivity contribution in [3.8, 4) is 6.01 Å². The second-order valence-corrected chi connectivity index (χ2v) is 8.03. The Hall–Kier alpha value is -2.91. The van der Waals surface area contributed by atoms with Crippen LogP contribution in [0, 0.1) is 0 Å². The first-order valence-electron chi connectivity index (χ1n) is 10.5. The third-order valence-electron chi connectivity index (χ3n) is 5.93. The Labute approximate surface area is 182 Å².